The number of ether oxygens (including phenoxy) is 1. The van der Waals surface area contributed by atoms with E-state index in [1.165, 1.54) is 5.57 Å². The van der Waals surface area contributed by atoms with Gasteiger partial charge in [0.1, 0.15) is 5.60 Å². The molecule has 0 aromatic heterocycles. The average molecular weight is 550 g/mol. The molecule has 7 nitrogen and oxygen atoms in total. The summed E-state index contributed by atoms with van der Waals surface area (Å²) in [7, 11) is 0. The third-order valence-corrected chi connectivity index (χ3v) is 11.1. The quantitative estimate of drug-likeness (QED) is 0.439. The molecule has 7 heteroatoms. The maximum absolute atomic E-state index is 13.4. The van der Waals surface area contributed by atoms with Gasteiger partial charge in [-0.2, -0.15) is 0 Å². The van der Waals surface area contributed by atoms with Crippen LogP contribution in [-0.2, 0) is 30.3 Å². The highest BCUT2D eigenvalue weighted by molar-refractivity contribution is 5.92. The molecule has 6 atom stereocenters. The number of Topliss-reactive ketones (excluding diaryl/α,β-unsaturated/α-hetero) is 1. The number of fused-ring (bicyclic) bond motifs is 5. The molecule has 0 unspecified atom stereocenters. The van der Waals surface area contributed by atoms with Crippen LogP contribution in [0.4, 0.5) is 0 Å². The first-order valence-corrected chi connectivity index (χ1v) is 15.0. The molecule has 3 saturated carbocycles. The second-order valence-corrected chi connectivity index (χ2v) is 13.0. The molecular weight excluding hydrogens is 506 g/mol. The lowest BCUT2D eigenvalue weighted by atomic mass is 9.46. The van der Waals surface area contributed by atoms with Gasteiger partial charge in [0, 0.05) is 24.8 Å². The van der Waals surface area contributed by atoms with Gasteiger partial charge in [0.05, 0.1) is 6.42 Å². The van der Waals surface area contributed by atoms with Crippen molar-refractivity contribution in [1.29, 1.82) is 0 Å². The lowest BCUT2D eigenvalue weighted by Gasteiger charge is -2.58. The Kier molecular flexibility index (Phi) is 8.06. The number of hydrogen-bond acceptors (Lipinski definition) is 6. The molecule has 0 heterocycles. The third-order valence-electron chi connectivity index (χ3n) is 11.1. The lowest BCUT2D eigenvalue weighted by molar-refractivity contribution is -0.170. The molecule has 0 radical (unpaired) electrons. The molecule has 216 valence electrons. The minimum atomic E-state index is -1.52. The van der Waals surface area contributed by atoms with Gasteiger partial charge in [-0.1, -0.05) is 49.8 Å². The van der Waals surface area contributed by atoms with Crippen LogP contribution < -0.4 is 5.32 Å². The number of esters is 1. The Bertz CT molecular complexity index is 1190. The fourth-order valence-electron chi connectivity index (χ4n) is 8.67. The minimum Gasteiger partial charge on any atom is -0.458 e. The zero-order valence-corrected chi connectivity index (χ0v) is 23.9. The maximum atomic E-state index is 13.4. The number of amides is 1. The van der Waals surface area contributed by atoms with E-state index in [2.05, 4.69) is 19.2 Å². The number of carbonyl (C=O) groups excluding carboxylic acids is 4. The highest BCUT2D eigenvalue weighted by Crippen LogP contribution is 2.67. The molecule has 1 amide bonds. The van der Waals surface area contributed by atoms with Crippen molar-refractivity contribution in [2.24, 2.45) is 28.6 Å². The first kappa shape index (κ1) is 28.7. The average Bonchev–Trinajstić information content (AvgIpc) is 3.23. The predicted octanol–water partition coefficient (Wildman–Crippen LogP) is 4.50. The van der Waals surface area contributed by atoms with Crippen LogP contribution in [0.1, 0.15) is 83.6 Å². The van der Waals surface area contributed by atoms with Crippen molar-refractivity contribution in [3.8, 4) is 0 Å². The molecule has 0 aliphatic heterocycles. The normalized spacial score (nSPS) is 34.6. The molecule has 0 spiro atoms. The summed E-state index contributed by atoms with van der Waals surface area (Å²) < 4.78 is 5.27. The van der Waals surface area contributed by atoms with Gasteiger partial charge in [-0.25, -0.2) is 0 Å². The molecular formula is C33H43NO6. The maximum Gasteiger partial charge on any atom is 0.306 e. The van der Waals surface area contributed by atoms with Gasteiger partial charge < -0.3 is 15.2 Å². The van der Waals surface area contributed by atoms with Crippen LogP contribution in [0.2, 0.25) is 0 Å². The van der Waals surface area contributed by atoms with Gasteiger partial charge in [-0.3, -0.25) is 19.2 Å². The summed E-state index contributed by atoms with van der Waals surface area (Å²) in [6.07, 6.45) is 8.74. The van der Waals surface area contributed by atoms with E-state index < -0.39 is 29.4 Å². The largest absolute Gasteiger partial charge is 0.458 e. The molecule has 4 aliphatic rings. The second kappa shape index (κ2) is 11.2. The SMILES string of the molecule is C[C@]12CCC(=O)C=C1CC[C@H]1[C@@H]2CC[C@]2(C)[C@H]1CC[C@]2(O)C(=O)COC(=O)CCC(=O)NCCc1ccccc1. The number of nitrogens with one attached hydrogen (secondary N) is 1. The second-order valence-electron chi connectivity index (χ2n) is 13.0. The summed E-state index contributed by atoms with van der Waals surface area (Å²) in [5, 5.41) is 14.6. The molecule has 5 rings (SSSR count). The fraction of sp³-hybridized carbons (Fsp3) is 0.636. The zero-order valence-electron chi connectivity index (χ0n) is 23.9. The van der Waals surface area contributed by atoms with E-state index in [4.69, 9.17) is 4.74 Å². The van der Waals surface area contributed by atoms with Gasteiger partial charge in [-0.15, -0.1) is 0 Å². The standard InChI is InChI=1S/C33H43NO6/c1-31-16-12-24(35)20-23(31)8-9-25-26(31)13-17-32(2)27(25)14-18-33(32,39)28(36)21-40-30(38)11-10-29(37)34-19-15-22-6-4-3-5-7-22/h3-7,20,25-27,39H,8-19,21H2,1-2H3,(H,34,37)/t25-,26-,27-,31-,32+,33-/m0/s1. The van der Waals surface area contributed by atoms with E-state index in [0.29, 0.717) is 37.6 Å². The van der Waals surface area contributed by atoms with Crippen LogP contribution in [0.3, 0.4) is 0 Å². The van der Waals surface area contributed by atoms with Crippen molar-refractivity contribution in [2.45, 2.75) is 90.1 Å². The Morgan fingerprint density at radius 1 is 0.975 bits per heavy atom. The molecule has 2 N–H and O–H groups in total. The van der Waals surface area contributed by atoms with E-state index in [1.54, 1.807) is 0 Å². The van der Waals surface area contributed by atoms with Gasteiger partial charge in [0.15, 0.2) is 12.4 Å². The summed E-state index contributed by atoms with van der Waals surface area (Å²) in [6, 6.07) is 9.83. The van der Waals surface area contributed by atoms with Crippen molar-refractivity contribution in [2.75, 3.05) is 13.2 Å². The molecule has 0 saturated heterocycles. The Hall–Kier alpha value is -2.80. The molecule has 1 aromatic rings. The first-order chi connectivity index (χ1) is 19.1. The number of hydrogen-bond donors (Lipinski definition) is 2. The Morgan fingerprint density at radius 3 is 2.50 bits per heavy atom. The van der Waals surface area contributed by atoms with Crippen molar-refractivity contribution in [3.63, 3.8) is 0 Å². The van der Waals surface area contributed by atoms with Crippen LogP contribution in [-0.4, -0.2) is 47.3 Å². The Morgan fingerprint density at radius 2 is 1.73 bits per heavy atom. The zero-order chi connectivity index (χ0) is 28.5. The van der Waals surface area contributed by atoms with Crippen LogP contribution in [0.15, 0.2) is 42.0 Å². The number of benzene rings is 1. The first-order valence-electron chi connectivity index (χ1n) is 15.0. The monoisotopic (exact) mass is 549 g/mol. The summed E-state index contributed by atoms with van der Waals surface area (Å²) in [5.74, 6) is 0.0819. The molecule has 4 aliphatic carbocycles. The smallest absolute Gasteiger partial charge is 0.306 e. The van der Waals surface area contributed by atoms with E-state index in [-0.39, 0.29) is 35.9 Å². The minimum absolute atomic E-state index is 0.00423. The molecule has 0 bridgehead atoms. The fourth-order valence-corrected chi connectivity index (χ4v) is 8.67. The highest BCUT2D eigenvalue weighted by Gasteiger charge is 2.66. The van der Waals surface area contributed by atoms with E-state index in [9.17, 15) is 24.3 Å². The van der Waals surface area contributed by atoms with E-state index in [0.717, 1.165) is 44.1 Å². The molecule has 1 aromatic carbocycles. The number of rotatable bonds is 9. The predicted molar refractivity (Wildman–Crippen MR) is 150 cm³/mol. The Balaban J connectivity index is 1.12. The van der Waals surface area contributed by atoms with Crippen molar-refractivity contribution < 1.29 is 29.0 Å². The molecule has 40 heavy (non-hydrogen) atoms. The highest BCUT2D eigenvalue weighted by atomic mass is 16.5. The summed E-state index contributed by atoms with van der Waals surface area (Å²) in [4.78, 5) is 49.9. The van der Waals surface area contributed by atoms with Crippen LogP contribution in [0, 0.1) is 28.6 Å². The third kappa shape index (κ3) is 5.17. The summed E-state index contributed by atoms with van der Waals surface area (Å²) in [6.45, 7) is 4.40. The van der Waals surface area contributed by atoms with Gasteiger partial charge in [0.25, 0.3) is 0 Å². The number of carbonyl (C=O) groups is 4. The summed E-state index contributed by atoms with van der Waals surface area (Å²) in [5.41, 5.74) is 0.386. The number of allylic oxidation sites excluding steroid dienone is 1. The van der Waals surface area contributed by atoms with Gasteiger partial charge in [0.2, 0.25) is 11.7 Å². The van der Waals surface area contributed by atoms with Crippen LogP contribution >= 0.6 is 0 Å². The van der Waals surface area contributed by atoms with Gasteiger partial charge >= 0.3 is 5.97 Å². The van der Waals surface area contributed by atoms with Crippen LogP contribution in [0.5, 0.6) is 0 Å². The number of aliphatic hydroxyl groups is 1. The van der Waals surface area contributed by atoms with E-state index in [1.807, 2.05) is 36.4 Å². The van der Waals surface area contributed by atoms with Gasteiger partial charge in [-0.05, 0) is 86.2 Å². The van der Waals surface area contributed by atoms with Crippen molar-refractivity contribution >= 4 is 23.4 Å². The van der Waals surface area contributed by atoms with E-state index >= 15 is 0 Å². The topological polar surface area (TPSA) is 110 Å². The summed E-state index contributed by atoms with van der Waals surface area (Å²) >= 11 is 0. The van der Waals surface area contributed by atoms with Crippen molar-refractivity contribution in [1.82, 2.24) is 5.32 Å². The van der Waals surface area contributed by atoms with Crippen molar-refractivity contribution in [3.05, 3.63) is 47.5 Å². The Labute approximate surface area is 237 Å². The molecule has 3 fully saturated rings. The van der Waals surface area contributed by atoms with Crippen LogP contribution in [0.25, 0.3) is 0 Å². The lowest BCUT2D eigenvalue weighted by Crippen LogP contribution is -2.58. The number of ketones is 2.